The van der Waals surface area contributed by atoms with Gasteiger partial charge < -0.3 is 13.3 Å². The molecule has 0 heterocycles. The molecule has 0 aromatic carbocycles. The topological polar surface area (TPSA) is 27.7 Å². The molecule has 0 saturated carbocycles. The summed E-state index contributed by atoms with van der Waals surface area (Å²) in [5.74, 6) is 0. The quantitative estimate of drug-likeness (QED) is 0.422. The van der Waals surface area contributed by atoms with Crippen LogP contribution in [-0.2, 0) is 13.3 Å². The molecule has 0 aliphatic heterocycles. The fourth-order valence-electron chi connectivity index (χ4n) is 1.85. The van der Waals surface area contributed by atoms with Crippen LogP contribution in [0.1, 0.15) is 51.9 Å². The van der Waals surface area contributed by atoms with Gasteiger partial charge in [-0.2, -0.15) is 0 Å². The van der Waals surface area contributed by atoms with E-state index in [0.29, 0.717) is 0 Å². The van der Waals surface area contributed by atoms with Crippen molar-refractivity contribution in [1.82, 2.24) is 0 Å². The van der Waals surface area contributed by atoms with Crippen LogP contribution in [0, 0.1) is 0 Å². The Morgan fingerprint density at radius 3 is 1.53 bits per heavy atom. The lowest BCUT2D eigenvalue weighted by Gasteiger charge is -2.24. The SMILES string of the molecule is CCCCCCCCC[Si](OC)(OC)OC.F. The van der Waals surface area contributed by atoms with E-state index in [1.54, 1.807) is 21.3 Å². The average molecular weight is 268 g/mol. The average Bonchev–Trinajstić information content (AvgIpc) is 2.34. The minimum absolute atomic E-state index is 0. The third-order valence-corrected chi connectivity index (χ3v) is 5.85. The zero-order valence-corrected chi connectivity index (χ0v) is 12.8. The third-order valence-electron chi connectivity index (χ3n) is 3.02. The zero-order chi connectivity index (χ0) is 12.3. The van der Waals surface area contributed by atoms with Crippen molar-refractivity contribution in [2.75, 3.05) is 21.3 Å². The summed E-state index contributed by atoms with van der Waals surface area (Å²) in [6.07, 6.45) is 9.14. The minimum atomic E-state index is -2.29. The Hall–Kier alpha value is 0.0269. The molecule has 0 spiro atoms. The molecule has 0 rings (SSSR count). The largest absolute Gasteiger partial charge is 0.500 e. The molecule has 0 radical (unpaired) electrons. The highest BCUT2D eigenvalue weighted by atomic mass is 28.4. The lowest BCUT2D eigenvalue weighted by molar-refractivity contribution is 0.122. The van der Waals surface area contributed by atoms with E-state index in [4.69, 9.17) is 13.3 Å². The van der Waals surface area contributed by atoms with Crippen LogP contribution in [0.4, 0.5) is 4.70 Å². The number of hydrogen-bond donors (Lipinski definition) is 0. The van der Waals surface area contributed by atoms with Crippen LogP contribution in [0.25, 0.3) is 0 Å². The summed E-state index contributed by atoms with van der Waals surface area (Å²) in [6.45, 7) is 2.25. The molecule has 0 aliphatic carbocycles. The molecular weight excluding hydrogens is 239 g/mol. The van der Waals surface area contributed by atoms with Crippen molar-refractivity contribution in [3.8, 4) is 0 Å². The van der Waals surface area contributed by atoms with Crippen molar-refractivity contribution in [2.24, 2.45) is 0 Å². The Kier molecular flexibility index (Phi) is 14.2. The van der Waals surface area contributed by atoms with Gasteiger partial charge in [-0.15, -0.1) is 0 Å². The molecular formula is C12H29FO3Si. The summed E-state index contributed by atoms with van der Waals surface area (Å²) in [7, 11) is 2.75. The number of rotatable bonds is 11. The van der Waals surface area contributed by atoms with E-state index in [0.717, 1.165) is 12.5 Å². The summed E-state index contributed by atoms with van der Waals surface area (Å²) < 4.78 is 16.1. The van der Waals surface area contributed by atoms with Crippen LogP contribution >= 0.6 is 0 Å². The predicted octanol–water partition coefficient (Wildman–Crippen LogP) is 3.77. The second-order valence-corrected chi connectivity index (χ2v) is 7.26. The van der Waals surface area contributed by atoms with Crippen molar-refractivity contribution in [3.63, 3.8) is 0 Å². The Morgan fingerprint density at radius 1 is 0.706 bits per heavy atom. The zero-order valence-electron chi connectivity index (χ0n) is 11.8. The van der Waals surface area contributed by atoms with Crippen LogP contribution in [-0.4, -0.2) is 30.1 Å². The molecule has 0 bridgehead atoms. The van der Waals surface area contributed by atoms with Gasteiger partial charge in [-0.25, -0.2) is 0 Å². The van der Waals surface area contributed by atoms with E-state index in [1.807, 2.05) is 0 Å². The lowest BCUT2D eigenvalue weighted by atomic mass is 10.1. The molecule has 3 nitrogen and oxygen atoms in total. The van der Waals surface area contributed by atoms with Gasteiger partial charge in [0.25, 0.3) is 0 Å². The molecule has 106 valence electrons. The minimum Gasteiger partial charge on any atom is -0.377 e. The van der Waals surface area contributed by atoms with Crippen LogP contribution in [0.5, 0.6) is 0 Å². The summed E-state index contributed by atoms with van der Waals surface area (Å²) in [4.78, 5) is 0. The van der Waals surface area contributed by atoms with Gasteiger partial charge in [0.15, 0.2) is 0 Å². The summed E-state index contributed by atoms with van der Waals surface area (Å²) in [5, 5.41) is 0. The first-order valence-corrected chi connectivity index (χ1v) is 8.33. The van der Waals surface area contributed by atoms with Crippen molar-refractivity contribution in [1.29, 1.82) is 0 Å². The van der Waals surface area contributed by atoms with E-state index in [2.05, 4.69) is 6.92 Å². The van der Waals surface area contributed by atoms with Gasteiger partial charge in [0.05, 0.1) is 0 Å². The van der Waals surface area contributed by atoms with Crippen molar-refractivity contribution < 1.29 is 18.0 Å². The molecule has 0 N–H and O–H groups in total. The molecule has 0 aromatic heterocycles. The molecule has 0 atom stereocenters. The first-order chi connectivity index (χ1) is 7.74. The molecule has 0 aromatic rings. The van der Waals surface area contributed by atoms with Crippen LogP contribution < -0.4 is 0 Å². The van der Waals surface area contributed by atoms with Gasteiger partial charge in [-0.3, -0.25) is 4.70 Å². The maximum Gasteiger partial charge on any atom is 0.500 e. The Balaban J connectivity index is 0. The first-order valence-electron chi connectivity index (χ1n) is 6.40. The fourth-order valence-corrected chi connectivity index (χ4v) is 3.65. The molecule has 0 aliphatic rings. The summed E-state index contributed by atoms with van der Waals surface area (Å²) in [6, 6.07) is 0.935. The number of unbranched alkanes of at least 4 members (excludes halogenated alkanes) is 6. The van der Waals surface area contributed by atoms with E-state index < -0.39 is 8.80 Å². The maximum absolute atomic E-state index is 5.38. The monoisotopic (exact) mass is 268 g/mol. The van der Waals surface area contributed by atoms with Gasteiger partial charge in [-0.1, -0.05) is 45.4 Å². The Morgan fingerprint density at radius 2 is 1.12 bits per heavy atom. The van der Waals surface area contributed by atoms with Gasteiger partial charge >= 0.3 is 8.80 Å². The molecule has 0 unspecified atom stereocenters. The van der Waals surface area contributed by atoms with Crippen LogP contribution in [0.15, 0.2) is 0 Å². The Labute approximate surface area is 107 Å². The van der Waals surface area contributed by atoms with E-state index in [1.165, 1.54) is 38.5 Å². The maximum atomic E-state index is 5.38. The standard InChI is InChI=1S/C12H28O3Si.FH/c1-5-6-7-8-9-10-11-12-16(13-2,14-3)15-4;/h5-12H2,1-4H3;1H. The predicted molar refractivity (Wildman–Crippen MR) is 72.1 cm³/mol. The normalized spacial score (nSPS) is 11.3. The van der Waals surface area contributed by atoms with E-state index >= 15 is 0 Å². The lowest BCUT2D eigenvalue weighted by Crippen LogP contribution is -2.42. The van der Waals surface area contributed by atoms with Gasteiger partial charge in [0.2, 0.25) is 0 Å². The summed E-state index contributed by atoms with van der Waals surface area (Å²) >= 11 is 0. The van der Waals surface area contributed by atoms with Gasteiger partial charge in [-0.05, 0) is 6.42 Å². The van der Waals surface area contributed by atoms with E-state index in [-0.39, 0.29) is 4.70 Å². The molecule has 17 heavy (non-hydrogen) atoms. The van der Waals surface area contributed by atoms with E-state index in [9.17, 15) is 0 Å². The molecule has 0 fully saturated rings. The summed E-state index contributed by atoms with van der Waals surface area (Å²) in [5.41, 5.74) is 0. The highest BCUT2D eigenvalue weighted by Crippen LogP contribution is 2.18. The van der Waals surface area contributed by atoms with Crippen molar-refractivity contribution in [2.45, 2.75) is 57.9 Å². The highest BCUT2D eigenvalue weighted by molar-refractivity contribution is 6.60. The smallest absolute Gasteiger partial charge is 0.377 e. The molecule has 0 saturated heterocycles. The van der Waals surface area contributed by atoms with Gasteiger partial charge in [0.1, 0.15) is 0 Å². The Bertz CT molecular complexity index is 146. The molecule has 0 amide bonds. The molecule has 5 heteroatoms. The first kappa shape index (κ1) is 19.4. The number of hydrogen-bond acceptors (Lipinski definition) is 3. The second kappa shape index (κ2) is 12.5. The van der Waals surface area contributed by atoms with Crippen LogP contribution in [0.2, 0.25) is 6.04 Å². The van der Waals surface area contributed by atoms with Crippen LogP contribution in [0.3, 0.4) is 0 Å². The highest BCUT2D eigenvalue weighted by Gasteiger charge is 2.36. The van der Waals surface area contributed by atoms with Crippen molar-refractivity contribution >= 4 is 8.80 Å². The van der Waals surface area contributed by atoms with Crippen molar-refractivity contribution in [3.05, 3.63) is 0 Å². The third kappa shape index (κ3) is 8.71. The second-order valence-electron chi connectivity index (χ2n) is 4.17. The fraction of sp³-hybridized carbons (Fsp3) is 1.00. The number of halogens is 1. The van der Waals surface area contributed by atoms with Gasteiger partial charge in [0, 0.05) is 27.4 Å².